The van der Waals surface area contributed by atoms with E-state index in [9.17, 15) is 18.6 Å². The van der Waals surface area contributed by atoms with Gasteiger partial charge in [0.15, 0.2) is 5.13 Å². The molecule has 3 amide bonds. The molecule has 0 spiro atoms. The Morgan fingerprint density at radius 3 is 2.85 bits per heavy atom. The average molecular weight is 689 g/mol. The number of thiazole rings is 1. The van der Waals surface area contributed by atoms with Crippen LogP contribution in [0.2, 0.25) is 0 Å². The number of fused-ring (bicyclic) bond motifs is 5. The lowest BCUT2D eigenvalue weighted by Crippen LogP contribution is -2.57. The Labute approximate surface area is 286 Å². The Morgan fingerprint density at radius 2 is 2.10 bits per heavy atom. The lowest BCUT2D eigenvalue weighted by molar-refractivity contribution is -0.140. The van der Waals surface area contributed by atoms with Crippen LogP contribution < -0.4 is 20.1 Å². The minimum Gasteiger partial charge on any atom is -0.472 e. The Balaban J connectivity index is 1.22. The standard InChI is InChI=1S/C35H40N6O5S2/c1-4-23-17-35(23,33(44)40-48(45)26-11-12-26)39-30(42)28-16-25-18-41(28)32(43)29(20(2)3)38-34-37-24(19-47-34)8-6-5-7-21-9-10-22-13-14-36-31(46-25)27(22)15-21/h4-5,7,9-10,13-15,19-20,23,25-26,28-29H,1,6,8,11-12,16-18H2,2-3H3,(H,37,38)(H,39,42)(H,40,44)/b7-5+/t23-,25-,28+,29+,35-,48?/m1/s1. The fourth-order valence-electron chi connectivity index (χ4n) is 6.54. The number of amides is 3. The summed E-state index contributed by atoms with van der Waals surface area (Å²) in [6.45, 7) is 7.91. The van der Waals surface area contributed by atoms with E-state index in [1.165, 1.54) is 11.3 Å². The number of rotatable bonds is 7. The second kappa shape index (κ2) is 13.1. The van der Waals surface area contributed by atoms with Gasteiger partial charge in [-0.05, 0) is 61.1 Å². The summed E-state index contributed by atoms with van der Waals surface area (Å²) < 4.78 is 21.7. The molecule has 48 heavy (non-hydrogen) atoms. The summed E-state index contributed by atoms with van der Waals surface area (Å²) in [7, 11) is -1.51. The molecule has 7 rings (SSSR count). The number of aryl methyl sites for hydroxylation is 1. The number of allylic oxidation sites excluding steroid dienone is 1. The van der Waals surface area contributed by atoms with E-state index in [0.29, 0.717) is 17.4 Å². The van der Waals surface area contributed by atoms with Crippen molar-refractivity contribution in [2.24, 2.45) is 11.8 Å². The topological polar surface area (TPSA) is 143 Å². The molecule has 1 saturated heterocycles. The number of ether oxygens (including phenoxy) is 1. The van der Waals surface area contributed by atoms with E-state index in [2.05, 4.69) is 45.1 Å². The number of carbonyl (C=O) groups is 3. The van der Waals surface area contributed by atoms with E-state index in [1.54, 1.807) is 17.2 Å². The highest BCUT2D eigenvalue weighted by atomic mass is 32.2. The second-order valence-electron chi connectivity index (χ2n) is 13.5. The first-order chi connectivity index (χ1) is 23.1. The molecule has 4 aliphatic rings. The van der Waals surface area contributed by atoms with E-state index >= 15 is 0 Å². The van der Waals surface area contributed by atoms with E-state index in [-0.39, 0.29) is 36.0 Å². The number of pyridine rings is 1. The van der Waals surface area contributed by atoms with Crippen LogP contribution in [0.4, 0.5) is 5.13 Å². The van der Waals surface area contributed by atoms with Gasteiger partial charge >= 0.3 is 0 Å². The first-order valence-electron chi connectivity index (χ1n) is 16.5. The summed E-state index contributed by atoms with van der Waals surface area (Å²) >= 11 is 1.45. The Hall–Kier alpha value is -4.10. The molecule has 3 N–H and O–H groups in total. The van der Waals surface area contributed by atoms with Crippen molar-refractivity contribution < 1.29 is 23.3 Å². The van der Waals surface area contributed by atoms with Crippen LogP contribution in [0.15, 0.2) is 54.6 Å². The number of hydrogen-bond acceptors (Lipinski definition) is 9. The molecule has 1 aromatic carbocycles. The normalized spacial score (nSPS) is 28.1. The molecule has 13 heteroatoms. The van der Waals surface area contributed by atoms with E-state index in [1.807, 2.05) is 37.4 Å². The van der Waals surface area contributed by atoms with Crippen LogP contribution in [0.5, 0.6) is 5.88 Å². The van der Waals surface area contributed by atoms with E-state index in [0.717, 1.165) is 47.7 Å². The van der Waals surface area contributed by atoms with Gasteiger partial charge in [-0.15, -0.1) is 17.9 Å². The molecule has 3 fully saturated rings. The predicted molar refractivity (Wildman–Crippen MR) is 186 cm³/mol. The van der Waals surface area contributed by atoms with E-state index < -0.39 is 46.5 Å². The zero-order valence-corrected chi connectivity index (χ0v) is 28.6. The van der Waals surface area contributed by atoms with Gasteiger partial charge in [0.2, 0.25) is 17.7 Å². The van der Waals surface area contributed by atoms with Crippen LogP contribution in [0.1, 0.15) is 57.2 Å². The fraction of sp³-hybridized carbons (Fsp3) is 0.457. The lowest BCUT2D eigenvalue weighted by Gasteiger charge is -2.31. The van der Waals surface area contributed by atoms with Crippen molar-refractivity contribution in [3.8, 4) is 5.88 Å². The molecule has 2 saturated carbocycles. The van der Waals surface area contributed by atoms with Crippen molar-refractivity contribution in [2.45, 2.75) is 81.3 Å². The SMILES string of the molecule is C=C[C@@H]1C[C@]1(NC(=O)[C@@H]1C[C@@H]2CN1C(=O)[C@H](C(C)C)Nc1nc(cs1)CC/C=C/c1ccc3ccnc(c3c1)O2)C(=O)NS(=O)C1CC1. The number of carbonyl (C=O) groups excluding carboxylic acids is 3. The van der Waals surface area contributed by atoms with Gasteiger partial charge in [-0.1, -0.05) is 44.2 Å². The largest absolute Gasteiger partial charge is 0.472 e. The van der Waals surface area contributed by atoms with Crippen molar-refractivity contribution in [3.63, 3.8) is 0 Å². The third-order valence-electron chi connectivity index (χ3n) is 9.59. The summed E-state index contributed by atoms with van der Waals surface area (Å²) in [6.07, 6.45) is 10.7. The first kappa shape index (κ1) is 32.4. The molecule has 11 nitrogen and oxygen atoms in total. The molecule has 1 unspecified atom stereocenters. The minimum atomic E-state index is -1.51. The quantitative estimate of drug-likeness (QED) is 0.315. The molecule has 6 bridgehead atoms. The number of aromatic nitrogens is 2. The van der Waals surface area contributed by atoms with Crippen LogP contribution in [0.3, 0.4) is 0 Å². The van der Waals surface area contributed by atoms with E-state index in [4.69, 9.17) is 9.72 Å². The van der Waals surface area contributed by atoms with Gasteiger partial charge in [0.25, 0.3) is 5.91 Å². The second-order valence-corrected chi connectivity index (χ2v) is 15.8. The molecule has 2 aliphatic heterocycles. The highest BCUT2D eigenvalue weighted by Gasteiger charge is 2.61. The summed E-state index contributed by atoms with van der Waals surface area (Å²) in [5.41, 5.74) is 0.680. The number of nitrogens with zero attached hydrogens (tertiary/aromatic N) is 3. The predicted octanol–water partition coefficient (Wildman–Crippen LogP) is 4.14. The third-order valence-corrected chi connectivity index (χ3v) is 11.9. The molecule has 6 atom stereocenters. The molecule has 252 valence electrons. The van der Waals surface area contributed by atoms with Gasteiger partial charge in [-0.3, -0.25) is 19.1 Å². The Morgan fingerprint density at radius 1 is 1.27 bits per heavy atom. The number of anilines is 1. The number of hydrogen-bond donors (Lipinski definition) is 3. The zero-order chi connectivity index (χ0) is 33.6. The maximum atomic E-state index is 14.4. The van der Waals surface area contributed by atoms with Crippen molar-refractivity contribution in [2.75, 3.05) is 11.9 Å². The zero-order valence-electron chi connectivity index (χ0n) is 27.0. The maximum Gasteiger partial charge on any atom is 0.258 e. The van der Waals surface area contributed by atoms with Crippen molar-refractivity contribution >= 4 is 62.0 Å². The maximum absolute atomic E-state index is 14.4. The summed E-state index contributed by atoms with van der Waals surface area (Å²) in [6, 6.07) is 6.46. The summed E-state index contributed by atoms with van der Waals surface area (Å²) in [4.78, 5) is 52.9. The number of benzene rings is 1. The summed E-state index contributed by atoms with van der Waals surface area (Å²) in [5, 5.41) is 10.7. The van der Waals surface area contributed by atoms with Crippen LogP contribution in [-0.4, -0.2) is 72.3 Å². The molecule has 0 radical (unpaired) electrons. The highest BCUT2D eigenvalue weighted by Crippen LogP contribution is 2.45. The molecular formula is C35H40N6O5S2. The van der Waals surface area contributed by atoms with Crippen LogP contribution >= 0.6 is 11.3 Å². The van der Waals surface area contributed by atoms with Crippen LogP contribution in [0, 0.1) is 11.8 Å². The third kappa shape index (κ3) is 6.49. The Kier molecular flexibility index (Phi) is 8.84. The van der Waals surface area contributed by atoms with Gasteiger partial charge in [0, 0.05) is 29.3 Å². The fourth-order valence-corrected chi connectivity index (χ4v) is 8.42. The molecule has 3 aromatic rings. The molecule has 4 heterocycles. The van der Waals surface area contributed by atoms with Gasteiger partial charge in [-0.25, -0.2) is 14.2 Å². The highest BCUT2D eigenvalue weighted by molar-refractivity contribution is 7.84. The smallest absolute Gasteiger partial charge is 0.258 e. The van der Waals surface area contributed by atoms with Gasteiger partial charge < -0.3 is 20.3 Å². The monoisotopic (exact) mass is 688 g/mol. The average Bonchev–Trinajstić information content (AvgIpc) is 3.96. The van der Waals surface area contributed by atoms with Crippen molar-refractivity contribution in [3.05, 3.63) is 65.8 Å². The molecular weight excluding hydrogens is 649 g/mol. The number of nitrogens with one attached hydrogen (secondary N) is 3. The van der Waals surface area contributed by atoms with Crippen molar-refractivity contribution in [1.29, 1.82) is 0 Å². The van der Waals surface area contributed by atoms with Crippen molar-refractivity contribution in [1.82, 2.24) is 24.9 Å². The van der Waals surface area contributed by atoms with Gasteiger partial charge in [0.1, 0.15) is 34.7 Å². The van der Waals surface area contributed by atoms with Crippen LogP contribution in [-0.2, 0) is 31.8 Å². The molecule has 2 aliphatic carbocycles. The van der Waals surface area contributed by atoms with Crippen LogP contribution in [0.25, 0.3) is 16.8 Å². The lowest BCUT2D eigenvalue weighted by atomic mass is 10.0. The summed E-state index contributed by atoms with van der Waals surface area (Å²) in [5.74, 6) is -1.21. The molecule has 2 aromatic heterocycles. The first-order valence-corrected chi connectivity index (χ1v) is 18.6. The van der Waals surface area contributed by atoms with Gasteiger partial charge in [0.05, 0.1) is 17.5 Å². The van der Waals surface area contributed by atoms with Gasteiger partial charge in [-0.2, -0.15) is 0 Å². The minimum absolute atomic E-state index is 0.0500. The Bertz CT molecular complexity index is 1820.